The van der Waals surface area contributed by atoms with Crippen LogP contribution in [0.5, 0.6) is 0 Å². The molecule has 98 valence electrons. The Labute approximate surface area is 113 Å². The molecule has 0 spiro atoms. The summed E-state index contributed by atoms with van der Waals surface area (Å²) in [5.41, 5.74) is 2.10. The Balaban J connectivity index is 1.98. The van der Waals surface area contributed by atoms with Crippen LogP contribution in [-0.4, -0.2) is 19.9 Å². The van der Waals surface area contributed by atoms with E-state index in [2.05, 4.69) is 25.3 Å². The van der Waals surface area contributed by atoms with Gasteiger partial charge in [0.2, 0.25) is 0 Å². The summed E-state index contributed by atoms with van der Waals surface area (Å²) in [6.45, 7) is 1.88. The summed E-state index contributed by atoms with van der Waals surface area (Å²) in [7, 11) is 0. The minimum atomic E-state index is -0.565. The molecule has 0 aliphatic carbocycles. The van der Waals surface area contributed by atoms with Crippen molar-refractivity contribution in [3.63, 3.8) is 0 Å². The topological polar surface area (TPSA) is 110 Å². The molecule has 0 saturated carbocycles. The van der Waals surface area contributed by atoms with Gasteiger partial charge in [-0.15, -0.1) is 0 Å². The standard InChI is InChI=1S/C13H10N6O/c1-7-15-10-3-2-8(4-11(10)16-7)17-12-5-9(6-14)18-13(20)19-12/h2-5H,1H3,(H,15,16)(H2,17,18,19,20). The van der Waals surface area contributed by atoms with Crippen LogP contribution in [0.2, 0.25) is 0 Å². The van der Waals surface area contributed by atoms with Crippen LogP contribution in [-0.2, 0) is 0 Å². The summed E-state index contributed by atoms with van der Waals surface area (Å²) in [6, 6.07) is 8.91. The first-order valence-electron chi connectivity index (χ1n) is 5.89. The molecule has 7 nitrogen and oxygen atoms in total. The van der Waals surface area contributed by atoms with Gasteiger partial charge in [-0.05, 0) is 25.1 Å². The third kappa shape index (κ3) is 2.22. The van der Waals surface area contributed by atoms with E-state index in [9.17, 15) is 4.79 Å². The average molecular weight is 266 g/mol. The Morgan fingerprint density at radius 2 is 2.10 bits per heavy atom. The lowest BCUT2D eigenvalue weighted by Gasteiger charge is -2.04. The summed E-state index contributed by atoms with van der Waals surface area (Å²) in [4.78, 5) is 24.8. The smallest absolute Gasteiger partial charge is 0.342 e. The number of aryl methyl sites for hydroxylation is 1. The minimum absolute atomic E-state index is 0.158. The monoisotopic (exact) mass is 266 g/mol. The number of imidazole rings is 1. The molecule has 1 aromatic carbocycles. The molecule has 3 aromatic rings. The molecule has 2 aromatic heterocycles. The molecule has 0 unspecified atom stereocenters. The number of nitrogens with zero attached hydrogens (tertiary/aromatic N) is 3. The maximum absolute atomic E-state index is 11.3. The highest BCUT2D eigenvalue weighted by Gasteiger charge is 2.04. The third-order valence-electron chi connectivity index (χ3n) is 2.74. The molecule has 0 saturated heterocycles. The van der Waals surface area contributed by atoms with E-state index in [0.29, 0.717) is 5.82 Å². The number of nitriles is 1. The Morgan fingerprint density at radius 1 is 1.25 bits per heavy atom. The Morgan fingerprint density at radius 3 is 2.90 bits per heavy atom. The molecule has 0 atom stereocenters. The van der Waals surface area contributed by atoms with Gasteiger partial charge in [0.15, 0.2) is 0 Å². The normalized spacial score (nSPS) is 10.4. The van der Waals surface area contributed by atoms with E-state index >= 15 is 0 Å². The van der Waals surface area contributed by atoms with Gasteiger partial charge in [-0.2, -0.15) is 10.2 Å². The van der Waals surface area contributed by atoms with E-state index in [1.165, 1.54) is 6.07 Å². The van der Waals surface area contributed by atoms with Gasteiger partial charge in [0.1, 0.15) is 23.4 Å². The van der Waals surface area contributed by atoms with Crippen LogP contribution in [0, 0.1) is 18.3 Å². The zero-order chi connectivity index (χ0) is 14.1. The van der Waals surface area contributed by atoms with Gasteiger partial charge >= 0.3 is 5.69 Å². The van der Waals surface area contributed by atoms with Crippen molar-refractivity contribution < 1.29 is 0 Å². The SMILES string of the molecule is Cc1nc2ccc(Nc3cc(C#N)[nH]c(=O)n3)cc2[nH]1. The van der Waals surface area contributed by atoms with Crippen LogP contribution < -0.4 is 11.0 Å². The zero-order valence-electron chi connectivity index (χ0n) is 10.6. The molecule has 0 radical (unpaired) electrons. The van der Waals surface area contributed by atoms with Crippen LogP contribution in [0.3, 0.4) is 0 Å². The highest BCUT2D eigenvalue weighted by molar-refractivity contribution is 5.80. The minimum Gasteiger partial charge on any atom is -0.342 e. The highest BCUT2D eigenvalue weighted by atomic mass is 16.1. The lowest BCUT2D eigenvalue weighted by Crippen LogP contribution is -2.13. The number of aromatic nitrogens is 4. The second-order valence-electron chi connectivity index (χ2n) is 4.28. The van der Waals surface area contributed by atoms with Gasteiger partial charge in [-0.3, -0.25) is 4.98 Å². The number of benzene rings is 1. The summed E-state index contributed by atoms with van der Waals surface area (Å²) >= 11 is 0. The Hall–Kier alpha value is -3.14. The molecule has 0 aliphatic rings. The average Bonchev–Trinajstić information content (AvgIpc) is 2.77. The van der Waals surface area contributed by atoms with E-state index in [1.807, 2.05) is 31.2 Å². The van der Waals surface area contributed by atoms with E-state index in [4.69, 9.17) is 5.26 Å². The number of fused-ring (bicyclic) bond motifs is 1. The van der Waals surface area contributed by atoms with Gasteiger partial charge in [-0.1, -0.05) is 0 Å². The maximum Gasteiger partial charge on any atom is 0.347 e. The number of nitrogens with one attached hydrogen (secondary N) is 3. The molecule has 7 heteroatoms. The number of aromatic amines is 2. The highest BCUT2D eigenvalue weighted by Crippen LogP contribution is 2.19. The summed E-state index contributed by atoms with van der Waals surface area (Å²) in [5.74, 6) is 1.15. The second kappa shape index (κ2) is 4.51. The maximum atomic E-state index is 11.3. The fourth-order valence-corrected chi connectivity index (χ4v) is 1.94. The van der Waals surface area contributed by atoms with Crippen molar-refractivity contribution in [1.82, 2.24) is 19.9 Å². The van der Waals surface area contributed by atoms with Crippen molar-refractivity contribution in [3.05, 3.63) is 46.3 Å². The van der Waals surface area contributed by atoms with Crippen LogP contribution in [0.15, 0.2) is 29.1 Å². The second-order valence-corrected chi connectivity index (χ2v) is 4.28. The predicted octanol–water partition coefficient (Wildman–Crippen LogP) is 1.57. The quantitative estimate of drug-likeness (QED) is 0.652. The van der Waals surface area contributed by atoms with Crippen molar-refractivity contribution in [1.29, 1.82) is 5.26 Å². The van der Waals surface area contributed by atoms with Gasteiger partial charge in [0.05, 0.1) is 11.0 Å². The summed E-state index contributed by atoms with van der Waals surface area (Å²) in [6.07, 6.45) is 0. The van der Waals surface area contributed by atoms with Crippen LogP contribution in [0.4, 0.5) is 11.5 Å². The number of rotatable bonds is 2. The van der Waals surface area contributed by atoms with Crippen LogP contribution in [0.25, 0.3) is 11.0 Å². The first-order valence-corrected chi connectivity index (χ1v) is 5.89. The Bertz CT molecular complexity index is 886. The van der Waals surface area contributed by atoms with Crippen molar-refractivity contribution >= 4 is 22.5 Å². The van der Waals surface area contributed by atoms with Crippen LogP contribution >= 0.6 is 0 Å². The molecule has 0 bridgehead atoms. The van der Waals surface area contributed by atoms with Crippen molar-refractivity contribution in [2.45, 2.75) is 6.92 Å². The lowest BCUT2D eigenvalue weighted by atomic mass is 10.2. The summed E-state index contributed by atoms with van der Waals surface area (Å²) in [5, 5.41) is 11.8. The lowest BCUT2D eigenvalue weighted by molar-refractivity contribution is 1.06. The van der Waals surface area contributed by atoms with E-state index < -0.39 is 5.69 Å². The van der Waals surface area contributed by atoms with Crippen molar-refractivity contribution in [3.8, 4) is 6.07 Å². The molecular formula is C13H10N6O. The summed E-state index contributed by atoms with van der Waals surface area (Å²) < 4.78 is 0. The fraction of sp³-hybridized carbons (Fsp3) is 0.0769. The molecule has 0 fully saturated rings. The predicted molar refractivity (Wildman–Crippen MR) is 73.7 cm³/mol. The van der Waals surface area contributed by atoms with Crippen molar-refractivity contribution in [2.24, 2.45) is 0 Å². The number of hydrogen-bond donors (Lipinski definition) is 3. The largest absolute Gasteiger partial charge is 0.347 e. The number of H-pyrrole nitrogens is 2. The zero-order valence-corrected chi connectivity index (χ0v) is 10.6. The van der Waals surface area contributed by atoms with Crippen molar-refractivity contribution in [2.75, 3.05) is 5.32 Å². The molecule has 0 aliphatic heterocycles. The fourth-order valence-electron chi connectivity index (χ4n) is 1.94. The number of anilines is 2. The van der Waals surface area contributed by atoms with Crippen LogP contribution in [0.1, 0.15) is 11.5 Å². The molecule has 0 amide bonds. The molecule has 3 N–H and O–H groups in total. The molecule has 2 heterocycles. The third-order valence-corrected chi connectivity index (χ3v) is 2.74. The first kappa shape index (κ1) is 11.9. The molecular weight excluding hydrogens is 256 g/mol. The van der Waals surface area contributed by atoms with E-state index in [1.54, 1.807) is 0 Å². The van der Waals surface area contributed by atoms with E-state index in [0.717, 1.165) is 22.5 Å². The van der Waals surface area contributed by atoms with Gasteiger partial charge in [-0.25, -0.2) is 9.78 Å². The first-order chi connectivity index (χ1) is 9.64. The van der Waals surface area contributed by atoms with Gasteiger partial charge < -0.3 is 10.3 Å². The van der Waals surface area contributed by atoms with Gasteiger partial charge in [0, 0.05) is 11.8 Å². The van der Waals surface area contributed by atoms with E-state index in [-0.39, 0.29) is 5.69 Å². The van der Waals surface area contributed by atoms with Gasteiger partial charge in [0.25, 0.3) is 0 Å². The Kier molecular flexibility index (Phi) is 2.69. The molecule has 20 heavy (non-hydrogen) atoms. The number of hydrogen-bond acceptors (Lipinski definition) is 5. The molecule has 3 rings (SSSR count).